The number of nitrogens with zero attached hydrogens (tertiary/aromatic N) is 4. The molecule has 0 spiro atoms. The summed E-state index contributed by atoms with van der Waals surface area (Å²) in [5.41, 5.74) is 0. The van der Waals surface area contributed by atoms with E-state index in [4.69, 9.17) is 4.74 Å². The summed E-state index contributed by atoms with van der Waals surface area (Å²) in [7, 11) is 0. The minimum Gasteiger partial charge on any atom is -0.465 e. The fourth-order valence-corrected chi connectivity index (χ4v) is 1.54. The van der Waals surface area contributed by atoms with Crippen LogP contribution in [0.1, 0.15) is 26.6 Å². The molecule has 0 unspecified atom stereocenters. The Labute approximate surface area is 102 Å². The van der Waals surface area contributed by atoms with Crippen molar-refractivity contribution < 1.29 is 9.53 Å². The van der Waals surface area contributed by atoms with E-state index in [1.165, 1.54) is 6.33 Å². The number of carbonyl (C=O) groups is 1. The highest BCUT2D eigenvalue weighted by Crippen LogP contribution is 2.01. The second-order valence-electron chi connectivity index (χ2n) is 3.60. The van der Waals surface area contributed by atoms with Gasteiger partial charge >= 0.3 is 5.97 Å². The van der Waals surface area contributed by atoms with Crippen molar-refractivity contribution in [3.63, 3.8) is 0 Å². The Morgan fingerprint density at radius 2 is 2.24 bits per heavy atom. The highest BCUT2D eigenvalue weighted by atomic mass is 16.5. The van der Waals surface area contributed by atoms with Gasteiger partial charge in [-0.25, -0.2) is 9.67 Å². The van der Waals surface area contributed by atoms with E-state index in [1.807, 2.05) is 30.4 Å². The van der Waals surface area contributed by atoms with Gasteiger partial charge in [-0.15, -0.1) is 0 Å². The topological polar surface area (TPSA) is 60.2 Å². The van der Waals surface area contributed by atoms with Gasteiger partial charge in [0.15, 0.2) is 0 Å². The van der Waals surface area contributed by atoms with Gasteiger partial charge in [-0.3, -0.25) is 9.69 Å². The third-order valence-corrected chi connectivity index (χ3v) is 2.47. The first kappa shape index (κ1) is 13.6. The van der Waals surface area contributed by atoms with E-state index in [0.717, 1.165) is 18.9 Å². The third-order valence-electron chi connectivity index (χ3n) is 2.47. The maximum Gasteiger partial charge on any atom is 0.320 e. The highest BCUT2D eigenvalue weighted by molar-refractivity contribution is 5.71. The summed E-state index contributed by atoms with van der Waals surface area (Å²) in [5.74, 6) is 0.676. The van der Waals surface area contributed by atoms with Gasteiger partial charge in [-0.05, 0) is 20.4 Å². The summed E-state index contributed by atoms with van der Waals surface area (Å²) in [5, 5.41) is 4.10. The van der Waals surface area contributed by atoms with Crippen molar-refractivity contribution in [3.8, 4) is 0 Å². The Hall–Kier alpha value is -1.43. The quantitative estimate of drug-likeness (QED) is 0.656. The second-order valence-corrected chi connectivity index (χ2v) is 3.60. The van der Waals surface area contributed by atoms with E-state index in [0.29, 0.717) is 19.7 Å². The number of hydrogen-bond donors (Lipinski definition) is 0. The lowest BCUT2D eigenvalue weighted by atomic mass is 10.4. The molecule has 0 aliphatic carbocycles. The largest absolute Gasteiger partial charge is 0.465 e. The molecule has 0 aliphatic rings. The minimum absolute atomic E-state index is 0.197. The first-order valence-electron chi connectivity index (χ1n) is 5.95. The lowest BCUT2D eigenvalue weighted by Crippen LogP contribution is -2.31. The zero-order chi connectivity index (χ0) is 12.7. The minimum atomic E-state index is -0.197. The molecule has 1 aromatic heterocycles. The van der Waals surface area contributed by atoms with Crippen LogP contribution in [0.25, 0.3) is 0 Å². The maximum atomic E-state index is 11.4. The Balaban J connectivity index is 2.54. The zero-order valence-electron chi connectivity index (χ0n) is 10.7. The van der Waals surface area contributed by atoms with Crippen LogP contribution in [-0.2, 0) is 22.6 Å². The van der Waals surface area contributed by atoms with Crippen LogP contribution in [0.3, 0.4) is 0 Å². The van der Waals surface area contributed by atoms with E-state index >= 15 is 0 Å². The maximum absolute atomic E-state index is 11.4. The molecule has 0 fully saturated rings. The Morgan fingerprint density at radius 3 is 2.82 bits per heavy atom. The van der Waals surface area contributed by atoms with Crippen molar-refractivity contribution in [2.24, 2.45) is 0 Å². The van der Waals surface area contributed by atoms with Gasteiger partial charge in [0, 0.05) is 6.54 Å². The summed E-state index contributed by atoms with van der Waals surface area (Å²) >= 11 is 0. The Morgan fingerprint density at radius 1 is 1.47 bits per heavy atom. The monoisotopic (exact) mass is 240 g/mol. The van der Waals surface area contributed by atoms with Crippen LogP contribution in [0.15, 0.2) is 6.33 Å². The molecule has 0 aromatic carbocycles. The molecule has 0 aliphatic heterocycles. The SMILES string of the molecule is CCOC(=O)CN(CC)Cc1ncnn1CC. The lowest BCUT2D eigenvalue weighted by molar-refractivity contribution is -0.144. The first-order chi connectivity index (χ1) is 8.21. The predicted molar refractivity (Wildman–Crippen MR) is 63.3 cm³/mol. The van der Waals surface area contributed by atoms with Crippen LogP contribution >= 0.6 is 0 Å². The number of ether oxygens (including phenoxy) is 1. The molecule has 17 heavy (non-hydrogen) atoms. The summed E-state index contributed by atoms with van der Waals surface area (Å²) in [6.07, 6.45) is 1.54. The van der Waals surface area contributed by atoms with E-state index in [-0.39, 0.29) is 5.97 Å². The number of carbonyl (C=O) groups excluding carboxylic acids is 1. The summed E-state index contributed by atoms with van der Waals surface area (Å²) in [6.45, 7) is 8.71. The van der Waals surface area contributed by atoms with Crippen molar-refractivity contribution >= 4 is 5.97 Å². The van der Waals surface area contributed by atoms with Crippen LogP contribution in [0.5, 0.6) is 0 Å². The normalized spacial score (nSPS) is 10.8. The molecule has 96 valence electrons. The summed E-state index contributed by atoms with van der Waals surface area (Å²) in [4.78, 5) is 17.6. The number of esters is 1. The number of aryl methyl sites for hydroxylation is 1. The lowest BCUT2D eigenvalue weighted by Gasteiger charge is -2.18. The van der Waals surface area contributed by atoms with Gasteiger partial charge < -0.3 is 4.74 Å². The van der Waals surface area contributed by atoms with Crippen LogP contribution in [-0.4, -0.2) is 45.3 Å². The fourth-order valence-electron chi connectivity index (χ4n) is 1.54. The fraction of sp³-hybridized carbons (Fsp3) is 0.727. The molecule has 0 saturated carbocycles. The van der Waals surface area contributed by atoms with Gasteiger partial charge in [0.05, 0.1) is 19.7 Å². The molecule has 1 rings (SSSR count). The number of likely N-dealkylation sites (N-methyl/N-ethyl adjacent to an activating group) is 1. The average molecular weight is 240 g/mol. The van der Waals surface area contributed by atoms with Gasteiger partial charge in [0.2, 0.25) is 0 Å². The van der Waals surface area contributed by atoms with E-state index in [9.17, 15) is 4.79 Å². The van der Waals surface area contributed by atoms with Crippen molar-refractivity contribution in [1.29, 1.82) is 0 Å². The molecule has 0 radical (unpaired) electrons. The first-order valence-corrected chi connectivity index (χ1v) is 5.95. The molecule has 0 N–H and O–H groups in total. The predicted octanol–water partition coefficient (Wildman–Crippen LogP) is 0.683. The van der Waals surface area contributed by atoms with E-state index in [2.05, 4.69) is 10.1 Å². The van der Waals surface area contributed by atoms with Crippen LogP contribution in [0.2, 0.25) is 0 Å². The summed E-state index contributed by atoms with van der Waals surface area (Å²) < 4.78 is 6.75. The van der Waals surface area contributed by atoms with Crippen molar-refractivity contribution in [3.05, 3.63) is 12.2 Å². The highest BCUT2D eigenvalue weighted by Gasteiger charge is 2.13. The van der Waals surface area contributed by atoms with Gasteiger partial charge in [0.1, 0.15) is 12.2 Å². The van der Waals surface area contributed by atoms with E-state index in [1.54, 1.807) is 0 Å². The van der Waals surface area contributed by atoms with E-state index < -0.39 is 0 Å². The standard InChI is InChI=1S/C11H20N4O2/c1-4-14(8-11(16)17-6-3)7-10-12-9-13-15(10)5-2/h9H,4-8H2,1-3H3. The molecule has 0 saturated heterocycles. The molecule has 6 heteroatoms. The van der Waals surface area contributed by atoms with Crippen molar-refractivity contribution in [2.45, 2.75) is 33.9 Å². The number of aromatic nitrogens is 3. The number of hydrogen-bond acceptors (Lipinski definition) is 5. The zero-order valence-corrected chi connectivity index (χ0v) is 10.7. The third kappa shape index (κ3) is 4.14. The van der Waals surface area contributed by atoms with Gasteiger partial charge in [-0.2, -0.15) is 5.10 Å². The Bertz CT molecular complexity index is 351. The van der Waals surface area contributed by atoms with Crippen LogP contribution < -0.4 is 0 Å². The van der Waals surface area contributed by atoms with Gasteiger partial charge in [0.25, 0.3) is 0 Å². The van der Waals surface area contributed by atoms with Crippen molar-refractivity contribution in [1.82, 2.24) is 19.7 Å². The van der Waals surface area contributed by atoms with Crippen LogP contribution in [0.4, 0.5) is 0 Å². The smallest absolute Gasteiger partial charge is 0.320 e. The van der Waals surface area contributed by atoms with Crippen LogP contribution in [0, 0.1) is 0 Å². The Kier molecular flexibility index (Phi) is 5.62. The molecular formula is C11H20N4O2. The molecule has 0 bridgehead atoms. The van der Waals surface area contributed by atoms with Gasteiger partial charge in [-0.1, -0.05) is 6.92 Å². The molecule has 0 amide bonds. The summed E-state index contributed by atoms with van der Waals surface area (Å²) in [6, 6.07) is 0. The van der Waals surface area contributed by atoms with Crippen molar-refractivity contribution in [2.75, 3.05) is 19.7 Å². The second kappa shape index (κ2) is 7.01. The molecular weight excluding hydrogens is 220 g/mol. The molecule has 1 aromatic rings. The average Bonchev–Trinajstić information content (AvgIpc) is 2.75. The molecule has 1 heterocycles. The molecule has 0 atom stereocenters. The number of rotatable bonds is 7. The molecule has 6 nitrogen and oxygen atoms in total.